The van der Waals surface area contributed by atoms with Gasteiger partial charge in [-0.1, -0.05) is 0 Å². The van der Waals surface area contributed by atoms with Gasteiger partial charge < -0.3 is 0 Å². The molecule has 0 atom stereocenters. The third-order valence-corrected chi connectivity index (χ3v) is 13.0. The van der Waals surface area contributed by atoms with Gasteiger partial charge in [0.1, 0.15) is 0 Å². The first-order chi connectivity index (χ1) is 11.1. The summed E-state index contributed by atoms with van der Waals surface area (Å²) < 4.78 is 52.6. The monoisotopic (exact) mass is 382 g/mol. The van der Waals surface area contributed by atoms with Gasteiger partial charge >= 0.3 is 145 Å². The van der Waals surface area contributed by atoms with Crippen LogP contribution in [0.15, 0.2) is 0 Å². The van der Waals surface area contributed by atoms with E-state index in [1.54, 1.807) is 0 Å². The summed E-state index contributed by atoms with van der Waals surface area (Å²) in [6.45, 7) is 6.77. The molecule has 0 aromatic rings. The summed E-state index contributed by atoms with van der Waals surface area (Å²) in [5.41, 5.74) is 0. The third-order valence-electron chi connectivity index (χ3n) is 6.15. The molecule has 0 bridgehead atoms. The fraction of sp³-hybridized carbons (Fsp3) is 1.00. The van der Waals surface area contributed by atoms with Crippen LogP contribution in [-0.4, -0.2) is 102 Å². The molecule has 8 nitrogen and oxygen atoms in total. The van der Waals surface area contributed by atoms with Gasteiger partial charge in [-0.05, 0) is 0 Å². The van der Waals surface area contributed by atoms with Gasteiger partial charge in [-0.2, -0.15) is 0 Å². The Hall–Kier alpha value is -0.0731. The number of hydrogen-bond donors (Lipinski definition) is 0. The molecule has 0 aromatic carbocycles. The third kappa shape index (κ3) is 3.07. The van der Waals surface area contributed by atoms with Gasteiger partial charge in [0.15, 0.2) is 0 Å². The minimum absolute atomic E-state index is 0.287. The van der Waals surface area contributed by atoms with Crippen molar-refractivity contribution >= 4 is 18.4 Å². The first-order valence-corrected chi connectivity index (χ1v) is 12.8. The zero-order valence-electron chi connectivity index (χ0n) is 14.7. The molecule has 24 heavy (non-hydrogen) atoms. The van der Waals surface area contributed by atoms with E-state index < -0.39 is 18.4 Å². The summed E-state index contributed by atoms with van der Waals surface area (Å²) in [5.74, 6) is -0.287. The molecule has 0 N–H and O–H groups in total. The Morgan fingerprint density at radius 3 is 2.00 bits per heavy atom. The maximum atomic E-state index is 10.7. The molecule has 0 unspecified atom stereocenters. The van der Waals surface area contributed by atoms with E-state index in [0.717, 1.165) is 62.6 Å². The van der Waals surface area contributed by atoms with E-state index in [1.165, 1.54) is 0 Å². The Bertz CT molecular complexity index is 564. The summed E-state index contributed by atoms with van der Waals surface area (Å²) in [6, 6.07) is 0.835. The van der Waals surface area contributed by atoms with E-state index in [4.69, 9.17) is 13.3 Å². The summed E-state index contributed by atoms with van der Waals surface area (Å²) in [4.78, 5) is 0. The molecule has 0 saturated carbocycles. The number of nitrogens with zero attached hydrogens (tertiary/aromatic N) is 2. The molecule has 3 heterocycles. The Kier molecular flexibility index (Phi) is 4.66. The van der Waals surface area contributed by atoms with Crippen molar-refractivity contribution in [3.63, 3.8) is 0 Å². The topological polar surface area (TPSA) is 84.9 Å². The van der Waals surface area contributed by atoms with Crippen molar-refractivity contribution in [3.05, 3.63) is 0 Å². The van der Waals surface area contributed by atoms with Gasteiger partial charge in [-0.15, -0.1) is 0 Å². The van der Waals surface area contributed by atoms with Crippen molar-refractivity contribution in [1.29, 1.82) is 0 Å². The second kappa shape index (κ2) is 5.98. The number of hydrogen-bond acceptors (Lipinski definition) is 6. The Balaban J connectivity index is 1.56. The Morgan fingerprint density at radius 1 is 1.00 bits per heavy atom. The summed E-state index contributed by atoms with van der Waals surface area (Å²) >= 11 is 0. The molecule has 0 radical (unpaired) electrons. The summed E-state index contributed by atoms with van der Waals surface area (Å²) in [5, 5.41) is 0. The zero-order chi connectivity index (χ0) is 17.6. The van der Waals surface area contributed by atoms with Crippen molar-refractivity contribution < 1.29 is 34.9 Å². The van der Waals surface area contributed by atoms with E-state index in [0.29, 0.717) is 17.4 Å². The van der Waals surface area contributed by atoms with Crippen LogP contribution in [0.5, 0.6) is 0 Å². The van der Waals surface area contributed by atoms with Crippen LogP contribution < -0.4 is 0 Å². The Labute approximate surface area is 145 Å². The van der Waals surface area contributed by atoms with E-state index in [1.807, 2.05) is 0 Å². The predicted molar refractivity (Wildman–Crippen MR) is 88.9 cm³/mol. The molecule has 3 rings (SSSR count). The van der Waals surface area contributed by atoms with E-state index in [9.17, 15) is 13.0 Å². The first kappa shape index (κ1) is 18.7. The molecular weight excluding hydrogens is 352 g/mol. The summed E-state index contributed by atoms with van der Waals surface area (Å²) in [7, 11) is -3.28. The van der Waals surface area contributed by atoms with E-state index in [-0.39, 0.29) is 5.75 Å². The van der Waals surface area contributed by atoms with Crippen LogP contribution in [0.1, 0.15) is 12.8 Å². The van der Waals surface area contributed by atoms with Crippen LogP contribution in [0.25, 0.3) is 0 Å². The zero-order valence-corrected chi connectivity index (χ0v) is 16.6. The standard InChI is InChI=1S/C14H30N2O6SSi/c1-15(2,5-3-13-23(17,18)19)6-4-14-24-16(7-10-20-24,8-11-21-24)9-12-22-24/h3-14H2,1-2H3. The van der Waals surface area contributed by atoms with Crippen molar-refractivity contribution in [1.82, 2.24) is 0 Å². The second-order valence-electron chi connectivity index (χ2n) is 8.08. The van der Waals surface area contributed by atoms with Crippen molar-refractivity contribution in [2.45, 2.75) is 18.9 Å². The molecule has 10 heteroatoms. The summed E-state index contributed by atoms with van der Waals surface area (Å²) in [6.07, 6.45) is 1.32. The fourth-order valence-corrected chi connectivity index (χ4v) is 11.1. The van der Waals surface area contributed by atoms with Gasteiger partial charge in [0.2, 0.25) is 0 Å². The van der Waals surface area contributed by atoms with Crippen LogP contribution in [0, 0.1) is 0 Å². The van der Waals surface area contributed by atoms with Crippen molar-refractivity contribution in [3.8, 4) is 0 Å². The SMILES string of the molecule is C[N+](C)(CCCS(=O)(=O)[O-])CCC[Si-]123OCC[N+]1(CCO2)CCO3. The second-order valence-corrected chi connectivity index (χ2v) is 14.1. The Morgan fingerprint density at radius 2 is 1.50 bits per heavy atom. The average molecular weight is 383 g/mol. The molecule has 142 valence electrons. The normalized spacial score (nSPS) is 32.9. The number of quaternary nitrogens is 2. The molecule has 3 fully saturated rings. The van der Waals surface area contributed by atoms with Crippen LogP contribution in [-0.2, 0) is 23.4 Å². The van der Waals surface area contributed by atoms with E-state index in [2.05, 4.69) is 14.1 Å². The molecular formula is C14H30N2O6SSi. The fourth-order valence-electron chi connectivity index (χ4n) is 4.82. The van der Waals surface area contributed by atoms with Gasteiger partial charge in [0.05, 0.1) is 0 Å². The van der Waals surface area contributed by atoms with Crippen molar-refractivity contribution in [2.75, 3.05) is 72.4 Å². The van der Waals surface area contributed by atoms with Gasteiger partial charge in [-0.3, -0.25) is 0 Å². The molecule has 0 aliphatic carbocycles. The van der Waals surface area contributed by atoms with Gasteiger partial charge in [0, 0.05) is 0 Å². The number of rotatable bonds is 8. The molecule has 0 aromatic heterocycles. The molecule has 0 amide bonds. The van der Waals surface area contributed by atoms with Gasteiger partial charge in [0.25, 0.3) is 0 Å². The van der Waals surface area contributed by atoms with Crippen LogP contribution in [0.3, 0.4) is 0 Å². The van der Waals surface area contributed by atoms with E-state index >= 15 is 0 Å². The molecule has 0 spiro atoms. The average Bonchev–Trinajstić information content (AvgIpc) is 2.95. The minimum atomic E-state index is -4.12. The van der Waals surface area contributed by atoms with Crippen molar-refractivity contribution in [2.24, 2.45) is 0 Å². The molecule has 3 saturated heterocycles. The first-order valence-electron chi connectivity index (χ1n) is 8.82. The molecule has 3 aliphatic heterocycles. The van der Waals surface area contributed by atoms with Gasteiger partial charge in [-0.25, -0.2) is 0 Å². The predicted octanol–water partition coefficient (Wildman–Crippen LogP) is -0.315. The van der Waals surface area contributed by atoms with Crippen LogP contribution in [0.4, 0.5) is 0 Å². The molecule has 3 aliphatic rings. The van der Waals surface area contributed by atoms with Crippen LogP contribution >= 0.6 is 0 Å². The quantitative estimate of drug-likeness (QED) is 0.325. The maximum absolute atomic E-state index is 10.7. The van der Waals surface area contributed by atoms with Crippen LogP contribution in [0.2, 0.25) is 6.04 Å².